The molecule has 2 aromatic carbocycles. The zero-order valence-corrected chi connectivity index (χ0v) is 17.8. The van der Waals surface area contributed by atoms with Crippen molar-refractivity contribution in [2.45, 2.75) is 32.4 Å². The van der Waals surface area contributed by atoms with Crippen molar-refractivity contribution in [3.8, 4) is 5.75 Å². The van der Waals surface area contributed by atoms with Crippen LogP contribution < -0.4 is 10.1 Å². The molecule has 4 nitrogen and oxygen atoms in total. The SMILES string of the molecule is COc1ccc(C(C)NC(=O)C2CCN(Cc3ccc(Cl)cc3Cl)CC2)cc1. The molecule has 0 aromatic heterocycles. The molecule has 1 saturated heterocycles. The monoisotopic (exact) mass is 420 g/mol. The van der Waals surface area contributed by atoms with E-state index in [4.69, 9.17) is 27.9 Å². The van der Waals surface area contributed by atoms with Crippen molar-refractivity contribution in [3.05, 3.63) is 63.6 Å². The third-order valence-corrected chi connectivity index (χ3v) is 5.93. The summed E-state index contributed by atoms with van der Waals surface area (Å²) in [4.78, 5) is 15.0. The van der Waals surface area contributed by atoms with Gasteiger partial charge in [0.25, 0.3) is 0 Å². The molecule has 6 heteroatoms. The van der Waals surface area contributed by atoms with Crippen LogP contribution in [0.15, 0.2) is 42.5 Å². The maximum absolute atomic E-state index is 12.7. The average molecular weight is 421 g/mol. The molecule has 3 rings (SSSR count). The molecule has 1 atom stereocenters. The summed E-state index contributed by atoms with van der Waals surface area (Å²) >= 11 is 12.2. The maximum atomic E-state index is 12.7. The van der Waals surface area contributed by atoms with E-state index in [1.165, 1.54) is 0 Å². The lowest BCUT2D eigenvalue weighted by Gasteiger charge is -2.32. The van der Waals surface area contributed by atoms with Gasteiger partial charge in [-0.1, -0.05) is 41.4 Å². The molecule has 1 heterocycles. The topological polar surface area (TPSA) is 41.6 Å². The zero-order valence-electron chi connectivity index (χ0n) is 16.3. The predicted octanol–water partition coefficient (Wildman–Crippen LogP) is 5.09. The van der Waals surface area contributed by atoms with Crippen molar-refractivity contribution in [1.82, 2.24) is 10.2 Å². The van der Waals surface area contributed by atoms with Crippen molar-refractivity contribution < 1.29 is 9.53 Å². The van der Waals surface area contributed by atoms with Crippen LogP contribution in [0.4, 0.5) is 0 Å². The van der Waals surface area contributed by atoms with Crippen LogP contribution in [0, 0.1) is 5.92 Å². The van der Waals surface area contributed by atoms with Crippen molar-refractivity contribution in [1.29, 1.82) is 0 Å². The van der Waals surface area contributed by atoms with Crippen LogP contribution in [-0.2, 0) is 11.3 Å². The second kappa shape index (κ2) is 9.64. The van der Waals surface area contributed by atoms with E-state index < -0.39 is 0 Å². The lowest BCUT2D eigenvalue weighted by atomic mass is 9.95. The van der Waals surface area contributed by atoms with Gasteiger partial charge in [0.15, 0.2) is 0 Å². The molecule has 0 saturated carbocycles. The Kier molecular flexibility index (Phi) is 7.22. The van der Waals surface area contributed by atoms with E-state index in [1.807, 2.05) is 43.3 Å². The third kappa shape index (κ3) is 5.40. The van der Waals surface area contributed by atoms with Gasteiger partial charge in [-0.15, -0.1) is 0 Å². The van der Waals surface area contributed by atoms with Gasteiger partial charge in [-0.3, -0.25) is 9.69 Å². The van der Waals surface area contributed by atoms with E-state index in [0.717, 1.165) is 49.4 Å². The number of halogens is 2. The third-order valence-electron chi connectivity index (χ3n) is 5.34. The van der Waals surface area contributed by atoms with E-state index in [2.05, 4.69) is 10.2 Å². The number of piperidine rings is 1. The molecule has 1 aliphatic rings. The summed E-state index contributed by atoms with van der Waals surface area (Å²) in [5.41, 5.74) is 2.14. The molecule has 1 unspecified atom stereocenters. The Morgan fingerprint density at radius 3 is 2.46 bits per heavy atom. The number of hydrogen-bond donors (Lipinski definition) is 1. The van der Waals surface area contributed by atoms with E-state index >= 15 is 0 Å². The Hall–Kier alpha value is -1.75. The minimum atomic E-state index is -0.0238. The number of amides is 1. The van der Waals surface area contributed by atoms with Gasteiger partial charge in [-0.25, -0.2) is 0 Å². The Balaban J connectivity index is 1.49. The molecule has 0 aliphatic carbocycles. The van der Waals surface area contributed by atoms with Gasteiger partial charge in [0.2, 0.25) is 5.91 Å². The Labute approximate surface area is 176 Å². The summed E-state index contributed by atoms with van der Waals surface area (Å²) in [7, 11) is 1.65. The highest BCUT2D eigenvalue weighted by Crippen LogP contribution is 2.25. The van der Waals surface area contributed by atoms with Crippen LogP contribution >= 0.6 is 23.2 Å². The maximum Gasteiger partial charge on any atom is 0.223 e. The van der Waals surface area contributed by atoms with Crippen molar-refractivity contribution in [2.75, 3.05) is 20.2 Å². The number of methoxy groups -OCH3 is 1. The lowest BCUT2D eigenvalue weighted by Crippen LogP contribution is -2.40. The quantitative estimate of drug-likeness (QED) is 0.707. The van der Waals surface area contributed by atoms with Crippen LogP contribution in [0.5, 0.6) is 5.75 Å². The summed E-state index contributed by atoms with van der Waals surface area (Å²) in [6.07, 6.45) is 1.71. The summed E-state index contributed by atoms with van der Waals surface area (Å²) in [6.45, 7) is 4.56. The number of rotatable bonds is 6. The number of ether oxygens (including phenoxy) is 1. The summed E-state index contributed by atoms with van der Waals surface area (Å²) in [5, 5.41) is 4.49. The highest BCUT2D eigenvalue weighted by atomic mass is 35.5. The summed E-state index contributed by atoms with van der Waals surface area (Å²) in [6, 6.07) is 13.4. The Morgan fingerprint density at radius 2 is 1.86 bits per heavy atom. The molecule has 0 spiro atoms. The molecule has 28 heavy (non-hydrogen) atoms. The zero-order chi connectivity index (χ0) is 20.1. The second-order valence-electron chi connectivity index (χ2n) is 7.29. The van der Waals surface area contributed by atoms with Gasteiger partial charge >= 0.3 is 0 Å². The van der Waals surface area contributed by atoms with Gasteiger partial charge in [-0.05, 0) is 68.2 Å². The van der Waals surface area contributed by atoms with E-state index in [1.54, 1.807) is 13.2 Å². The number of nitrogens with zero attached hydrogens (tertiary/aromatic N) is 1. The number of nitrogens with one attached hydrogen (secondary N) is 1. The molecule has 1 aliphatic heterocycles. The van der Waals surface area contributed by atoms with Crippen LogP contribution in [0.1, 0.15) is 36.9 Å². The molecule has 0 radical (unpaired) electrons. The first-order valence-electron chi connectivity index (χ1n) is 9.57. The minimum Gasteiger partial charge on any atom is -0.497 e. The van der Waals surface area contributed by atoms with Gasteiger partial charge in [0.1, 0.15) is 5.75 Å². The minimum absolute atomic E-state index is 0.0238. The number of likely N-dealkylation sites (tertiary alicyclic amines) is 1. The summed E-state index contributed by atoms with van der Waals surface area (Å²) < 4.78 is 5.18. The van der Waals surface area contributed by atoms with Crippen LogP contribution in [0.3, 0.4) is 0 Å². The van der Waals surface area contributed by atoms with Gasteiger partial charge in [0, 0.05) is 22.5 Å². The molecule has 1 fully saturated rings. The lowest BCUT2D eigenvalue weighted by molar-refractivity contribution is -0.127. The van der Waals surface area contributed by atoms with Crippen LogP contribution in [0.25, 0.3) is 0 Å². The van der Waals surface area contributed by atoms with E-state index in [-0.39, 0.29) is 17.9 Å². The fourth-order valence-corrected chi connectivity index (χ4v) is 4.02. The van der Waals surface area contributed by atoms with Crippen LogP contribution in [-0.4, -0.2) is 31.0 Å². The smallest absolute Gasteiger partial charge is 0.223 e. The van der Waals surface area contributed by atoms with Gasteiger partial charge in [0.05, 0.1) is 13.2 Å². The van der Waals surface area contributed by atoms with Crippen LogP contribution in [0.2, 0.25) is 10.0 Å². The number of hydrogen-bond acceptors (Lipinski definition) is 3. The van der Waals surface area contributed by atoms with E-state index in [9.17, 15) is 4.79 Å². The number of benzene rings is 2. The first-order chi connectivity index (χ1) is 13.5. The van der Waals surface area contributed by atoms with E-state index in [0.29, 0.717) is 10.0 Å². The second-order valence-corrected chi connectivity index (χ2v) is 8.13. The summed E-state index contributed by atoms with van der Waals surface area (Å²) in [5.74, 6) is 1.00. The molecule has 1 N–H and O–H groups in total. The van der Waals surface area contributed by atoms with Gasteiger partial charge < -0.3 is 10.1 Å². The van der Waals surface area contributed by atoms with Crippen molar-refractivity contribution >= 4 is 29.1 Å². The molecular weight excluding hydrogens is 395 g/mol. The molecular formula is C22H26Cl2N2O2. The van der Waals surface area contributed by atoms with Gasteiger partial charge in [-0.2, -0.15) is 0 Å². The van der Waals surface area contributed by atoms with Crippen molar-refractivity contribution in [2.24, 2.45) is 5.92 Å². The first-order valence-corrected chi connectivity index (χ1v) is 10.3. The number of carbonyl (C=O) groups is 1. The largest absolute Gasteiger partial charge is 0.497 e. The number of carbonyl (C=O) groups excluding carboxylic acids is 1. The average Bonchev–Trinajstić information content (AvgIpc) is 2.70. The molecule has 0 bridgehead atoms. The standard InChI is InChI=1S/C22H26Cl2N2O2/c1-15(16-4-7-20(28-2)8-5-16)25-22(27)17-9-11-26(12-10-17)14-18-3-6-19(23)13-21(18)24/h3-8,13,15,17H,9-12,14H2,1-2H3,(H,25,27). The highest BCUT2D eigenvalue weighted by molar-refractivity contribution is 6.35. The Morgan fingerprint density at radius 1 is 1.18 bits per heavy atom. The highest BCUT2D eigenvalue weighted by Gasteiger charge is 2.26. The predicted molar refractivity (Wildman–Crippen MR) is 114 cm³/mol. The molecule has 150 valence electrons. The Bertz CT molecular complexity index is 803. The fourth-order valence-electron chi connectivity index (χ4n) is 3.55. The first kappa shape index (κ1) is 21.0. The normalized spacial score (nSPS) is 16.6. The molecule has 2 aromatic rings. The molecule has 1 amide bonds. The van der Waals surface area contributed by atoms with Crippen molar-refractivity contribution in [3.63, 3.8) is 0 Å². The fraction of sp³-hybridized carbons (Fsp3) is 0.409.